The highest BCUT2D eigenvalue weighted by Crippen LogP contribution is 2.15. The predicted octanol–water partition coefficient (Wildman–Crippen LogP) is 0.234. The van der Waals surface area contributed by atoms with E-state index in [1.54, 1.807) is 0 Å². The van der Waals surface area contributed by atoms with Gasteiger partial charge in [0, 0.05) is 5.69 Å². The predicted molar refractivity (Wildman–Crippen MR) is 49.8 cm³/mol. The van der Waals surface area contributed by atoms with Gasteiger partial charge < -0.3 is 15.9 Å². The molecule has 0 saturated carbocycles. The van der Waals surface area contributed by atoms with Crippen LogP contribution in [0.5, 0.6) is 0 Å². The fourth-order valence-electron chi connectivity index (χ4n) is 1.00. The fraction of sp³-hybridized carbons (Fsp3) is 0. The monoisotopic (exact) mass is 209 g/mol. The molecule has 0 saturated heterocycles. The van der Waals surface area contributed by atoms with Gasteiger partial charge in [0.15, 0.2) is 0 Å². The molecule has 0 atom stereocenters. The van der Waals surface area contributed by atoms with Crippen molar-refractivity contribution in [1.82, 2.24) is 0 Å². The minimum atomic E-state index is -1.68. The number of carboxylic acid groups (broad SMARTS) is 2. The number of ketones is 1. The molecule has 0 spiro atoms. The largest absolute Gasteiger partial charge is 0.478 e. The normalized spacial score (nSPS) is 9.60. The third kappa shape index (κ3) is 2.11. The van der Waals surface area contributed by atoms with Gasteiger partial charge in [-0.25, -0.2) is 9.59 Å². The van der Waals surface area contributed by atoms with Crippen LogP contribution in [0.2, 0.25) is 0 Å². The van der Waals surface area contributed by atoms with Crippen molar-refractivity contribution in [1.29, 1.82) is 0 Å². The lowest BCUT2D eigenvalue weighted by atomic mass is 10.1. The number of carbonyl (C=O) groups is 3. The Morgan fingerprint density at radius 3 is 2.20 bits per heavy atom. The van der Waals surface area contributed by atoms with Gasteiger partial charge in [0.05, 0.1) is 11.1 Å². The van der Waals surface area contributed by atoms with E-state index in [0.717, 1.165) is 6.07 Å². The second kappa shape index (κ2) is 3.79. The SMILES string of the molecule is Nc1ccc(C(=O)O)cc1C(=O)C(=O)O. The summed E-state index contributed by atoms with van der Waals surface area (Å²) in [4.78, 5) is 32.0. The molecule has 15 heavy (non-hydrogen) atoms. The van der Waals surface area contributed by atoms with Crippen LogP contribution in [0.3, 0.4) is 0 Å². The molecule has 78 valence electrons. The van der Waals surface area contributed by atoms with E-state index in [-0.39, 0.29) is 16.8 Å². The maximum absolute atomic E-state index is 11.1. The molecule has 1 rings (SSSR count). The number of carboxylic acids is 2. The zero-order chi connectivity index (χ0) is 11.6. The molecule has 0 fully saturated rings. The van der Waals surface area contributed by atoms with Gasteiger partial charge in [-0.1, -0.05) is 0 Å². The molecule has 0 bridgehead atoms. The van der Waals surface area contributed by atoms with E-state index in [1.807, 2.05) is 0 Å². The molecule has 0 heterocycles. The van der Waals surface area contributed by atoms with Gasteiger partial charge in [-0.3, -0.25) is 4.79 Å². The number of aliphatic carboxylic acids is 1. The number of anilines is 1. The Morgan fingerprint density at radius 2 is 1.73 bits per heavy atom. The lowest BCUT2D eigenvalue weighted by molar-refractivity contribution is -0.131. The van der Waals surface area contributed by atoms with Gasteiger partial charge in [-0.15, -0.1) is 0 Å². The van der Waals surface area contributed by atoms with Crippen molar-refractivity contribution in [2.75, 3.05) is 5.73 Å². The van der Waals surface area contributed by atoms with E-state index in [4.69, 9.17) is 15.9 Å². The zero-order valence-corrected chi connectivity index (χ0v) is 7.43. The summed E-state index contributed by atoms with van der Waals surface area (Å²) in [6, 6.07) is 3.31. The van der Waals surface area contributed by atoms with Crippen molar-refractivity contribution in [3.05, 3.63) is 29.3 Å². The molecule has 1 aromatic carbocycles. The Kier molecular flexibility index (Phi) is 2.70. The Morgan fingerprint density at radius 1 is 1.13 bits per heavy atom. The highest BCUT2D eigenvalue weighted by molar-refractivity contribution is 6.41. The molecular weight excluding hydrogens is 202 g/mol. The van der Waals surface area contributed by atoms with Crippen molar-refractivity contribution in [3.63, 3.8) is 0 Å². The van der Waals surface area contributed by atoms with E-state index in [2.05, 4.69) is 0 Å². The lowest BCUT2D eigenvalue weighted by Gasteiger charge is -2.02. The molecule has 6 nitrogen and oxygen atoms in total. The highest BCUT2D eigenvalue weighted by Gasteiger charge is 2.19. The average Bonchev–Trinajstić information content (AvgIpc) is 2.16. The third-order valence-corrected chi connectivity index (χ3v) is 1.74. The number of hydrogen-bond donors (Lipinski definition) is 3. The number of nitrogen functional groups attached to an aromatic ring is 1. The third-order valence-electron chi connectivity index (χ3n) is 1.74. The van der Waals surface area contributed by atoms with Crippen molar-refractivity contribution < 1.29 is 24.6 Å². The van der Waals surface area contributed by atoms with Gasteiger partial charge in [0.25, 0.3) is 5.78 Å². The fourth-order valence-corrected chi connectivity index (χ4v) is 1.00. The van der Waals surface area contributed by atoms with E-state index >= 15 is 0 Å². The van der Waals surface area contributed by atoms with Crippen molar-refractivity contribution in [3.8, 4) is 0 Å². The number of hydrogen-bond acceptors (Lipinski definition) is 4. The van der Waals surface area contributed by atoms with E-state index < -0.39 is 17.7 Å². The summed E-state index contributed by atoms with van der Waals surface area (Å²) in [5.74, 6) is -4.16. The quantitative estimate of drug-likeness (QED) is 0.372. The van der Waals surface area contributed by atoms with Gasteiger partial charge in [0.1, 0.15) is 0 Å². The van der Waals surface area contributed by atoms with E-state index in [0.29, 0.717) is 0 Å². The summed E-state index contributed by atoms with van der Waals surface area (Å²) >= 11 is 0. The minimum Gasteiger partial charge on any atom is -0.478 e. The van der Waals surface area contributed by atoms with Crippen LogP contribution < -0.4 is 5.73 Å². The van der Waals surface area contributed by atoms with Gasteiger partial charge >= 0.3 is 11.9 Å². The first-order chi connectivity index (χ1) is 6.93. The molecule has 0 unspecified atom stereocenters. The summed E-state index contributed by atoms with van der Waals surface area (Å²) in [5.41, 5.74) is 4.79. The lowest BCUT2D eigenvalue weighted by Crippen LogP contribution is -2.15. The maximum atomic E-state index is 11.1. The summed E-state index contributed by atoms with van der Waals surface area (Å²) in [6.45, 7) is 0. The number of aromatic carboxylic acids is 1. The van der Waals surface area contributed by atoms with Crippen molar-refractivity contribution in [2.24, 2.45) is 0 Å². The summed E-state index contributed by atoms with van der Waals surface area (Å²) in [7, 11) is 0. The van der Waals surface area contributed by atoms with Crippen molar-refractivity contribution in [2.45, 2.75) is 0 Å². The minimum absolute atomic E-state index is 0.0626. The van der Waals surface area contributed by atoms with Crippen LogP contribution in [-0.2, 0) is 4.79 Å². The van der Waals surface area contributed by atoms with Crippen LogP contribution in [0.4, 0.5) is 5.69 Å². The molecule has 0 aliphatic heterocycles. The van der Waals surface area contributed by atoms with Gasteiger partial charge in [-0.2, -0.15) is 0 Å². The molecule has 0 amide bonds. The van der Waals surface area contributed by atoms with Crippen LogP contribution in [0, 0.1) is 0 Å². The molecule has 4 N–H and O–H groups in total. The van der Waals surface area contributed by atoms with Gasteiger partial charge in [-0.05, 0) is 18.2 Å². The molecule has 0 aliphatic rings. The molecule has 6 heteroatoms. The molecule has 0 aromatic heterocycles. The Bertz CT molecular complexity index is 452. The van der Waals surface area contributed by atoms with Gasteiger partial charge in [0.2, 0.25) is 0 Å². The second-order valence-electron chi connectivity index (χ2n) is 2.74. The van der Waals surface area contributed by atoms with E-state index in [9.17, 15) is 14.4 Å². The number of nitrogens with two attached hydrogens (primary N) is 1. The summed E-state index contributed by atoms with van der Waals surface area (Å²) in [5, 5.41) is 17.1. The molecular formula is C9H7NO5. The maximum Gasteiger partial charge on any atom is 0.377 e. The molecule has 0 aliphatic carbocycles. The zero-order valence-electron chi connectivity index (χ0n) is 7.43. The number of benzene rings is 1. The first-order valence-corrected chi connectivity index (χ1v) is 3.84. The van der Waals surface area contributed by atoms with Crippen LogP contribution in [0.15, 0.2) is 18.2 Å². The number of Topliss-reactive ketones (excluding diaryl/α,β-unsaturated/α-hetero) is 1. The Labute approximate surface area is 83.9 Å². The average molecular weight is 209 g/mol. The first kappa shape index (κ1) is 10.7. The second-order valence-corrected chi connectivity index (χ2v) is 2.74. The van der Waals surface area contributed by atoms with E-state index in [1.165, 1.54) is 12.1 Å². The first-order valence-electron chi connectivity index (χ1n) is 3.84. The Balaban J connectivity index is 3.28. The molecule has 0 radical (unpaired) electrons. The number of carbonyl (C=O) groups excluding carboxylic acids is 1. The molecule has 1 aromatic rings. The highest BCUT2D eigenvalue weighted by atomic mass is 16.4. The smallest absolute Gasteiger partial charge is 0.377 e. The Hall–Kier alpha value is -2.37. The van der Waals surface area contributed by atoms with Crippen LogP contribution in [-0.4, -0.2) is 27.9 Å². The summed E-state index contributed by atoms with van der Waals surface area (Å²) < 4.78 is 0. The number of rotatable bonds is 3. The van der Waals surface area contributed by atoms with Crippen LogP contribution in [0.1, 0.15) is 20.7 Å². The van der Waals surface area contributed by atoms with Crippen LogP contribution in [0.25, 0.3) is 0 Å². The summed E-state index contributed by atoms with van der Waals surface area (Å²) in [6.07, 6.45) is 0. The topological polar surface area (TPSA) is 118 Å². The van der Waals surface area contributed by atoms with Crippen molar-refractivity contribution >= 4 is 23.4 Å². The van der Waals surface area contributed by atoms with Crippen LogP contribution >= 0.6 is 0 Å². The standard InChI is InChI=1S/C9H7NO5/c10-6-2-1-4(8(12)13)3-5(6)7(11)9(14)15/h1-3H,10H2,(H,12,13)(H,14,15).